The Bertz CT molecular complexity index is 1160. The molecule has 7 heteroatoms. The number of hydrogen-bond acceptors (Lipinski definition) is 5. The molecule has 0 spiro atoms. The maximum Gasteiger partial charge on any atom is 0.407 e. The van der Waals surface area contributed by atoms with Crippen molar-refractivity contribution in [2.75, 3.05) is 5.32 Å². The zero-order valence-corrected chi connectivity index (χ0v) is 20.6. The zero-order valence-electron chi connectivity index (χ0n) is 20.6. The Morgan fingerprint density at radius 3 is 2.06 bits per heavy atom. The van der Waals surface area contributed by atoms with Gasteiger partial charge in [-0.1, -0.05) is 43.3 Å². The highest BCUT2D eigenvalue weighted by atomic mass is 16.6. The second kappa shape index (κ2) is 11.4. The Morgan fingerprint density at radius 1 is 0.857 bits per heavy atom. The number of pyridine rings is 1. The average Bonchev–Trinajstić information content (AvgIpc) is 2.83. The van der Waals surface area contributed by atoms with Gasteiger partial charge in [-0.3, -0.25) is 14.6 Å². The predicted molar refractivity (Wildman–Crippen MR) is 136 cm³/mol. The fourth-order valence-corrected chi connectivity index (χ4v) is 3.26. The van der Waals surface area contributed by atoms with E-state index in [1.807, 2.05) is 69.3 Å². The van der Waals surface area contributed by atoms with Crippen molar-refractivity contribution in [1.29, 1.82) is 0 Å². The highest BCUT2D eigenvalue weighted by molar-refractivity contribution is 6.04. The highest BCUT2D eigenvalue weighted by Crippen LogP contribution is 2.13. The van der Waals surface area contributed by atoms with Crippen LogP contribution in [0.2, 0.25) is 0 Å². The van der Waals surface area contributed by atoms with E-state index in [4.69, 9.17) is 4.74 Å². The number of aryl methyl sites for hydroxylation is 1. The summed E-state index contributed by atoms with van der Waals surface area (Å²) in [6, 6.07) is 18.2. The molecule has 2 amide bonds. The van der Waals surface area contributed by atoms with Gasteiger partial charge in [0, 0.05) is 24.8 Å². The number of hydrogen-bond donors (Lipinski definition) is 2. The molecule has 182 valence electrons. The molecular formula is C28H31N3O4. The Balaban J connectivity index is 1.52. The molecule has 0 unspecified atom stereocenters. The van der Waals surface area contributed by atoms with Gasteiger partial charge in [0.1, 0.15) is 11.3 Å². The molecule has 0 aliphatic rings. The Kier molecular flexibility index (Phi) is 8.36. The van der Waals surface area contributed by atoms with Crippen LogP contribution < -0.4 is 10.6 Å². The molecule has 0 aliphatic heterocycles. The molecule has 0 saturated carbocycles. The summed E-state index contributed by atoms with van der Waals surface area (Å²) in [5, 5.41) is 5.54. The number of carbonyl (C=O) groups is 3. The van der Waals surface area contributed by atoms with Crippen molar-refractivity contribution < 1.29 is 19.1 Å². The van der Waals surface area contributed by atoms with Crippen molar-refractivity contribution in [2.24, 2.45) is 0 Å². The molecule has 35 heavy (non-hydrogen) atoms. The summed E-state index contributed by atoms with van der Waals surface area (Å²) in [7, 11) is 0. The summed E-state index contributed by atoms with van der Waals surface area (Å²) in [5.41, 5.74) is 3.75. The Labute approximate surface area is 205 Å². The minimum Gasteiger partial charge on any atom is -0.444 e. The first-order chi connectivity index (χ1) is 16.6. The molecule has 0 bridgehead atoms. The van der Waals surface area contributed by atoms with E-state index in [0.717, 1.165) is 17.5 Å². The van der Waals surface area contributed by atoms with Gasteiger partial charge in [-0.2, -0.15) is 0 Å². The maximum absolute atomic E-state index is 12.6. The van der Waals surface area contributed by atoms with Gasteiger partial charge in [0.15, 0.2) is 5.78 Å². The summed E-state index contributed by atoms with van der Waals surface area (Å²) in [6.07, 6.45) is 2.05. The standard InChI is InChI=1S/C28H31N3O4/c1-5-19-10-13-23(14-11-19)31-26(33)22-12-15-24(29-18-22)25(32)16-20-6-8-21(9-7-20)17-30-27(34)35-28(2,3)4/h6-15,18H,5,16-17H2,1-4H3,(H,30,34)(H,31,33). The number of carbonyl (C=O) groups excluding carboxylic acids is 3. The summed E-state index contributed by atoms with van der Waals surface area (Å²) in [6.45, 7) is 7.83. The SMILES string of the molecule is CCc1ccc(NC(=O)c2ccc(C(=O)Cc3ccc(CNC(=O)OC(C)(C)C)cc3)nc2)cc1. The van der Waals surface area contributed by atoms with E-state index in [-0.39, 0.29) is 18.1 Å². The van der Waals surface area contributed by atoms with Gasteiger partial charge in [-0.15, -0.1) is 0 Å². The fraction of sp³-hybridized carbons (Fsp3) is 0.286. The molecule has 0 radical (unpaired) electrons. The largest absolute Gasteiger partial charge is 0.444 e. The summed E-state index contributed by atoms with van der Waals surface area (Å²) in [4.78, 5) is 41.1. The lowest BCUT2D eigenvalue weighted by molar-refractivity contribution is 0.0523. The lowest BCUT2D eigenvalue weighted by Crippen LogP contribution is -2.32. The van der Waals surface area contributed by atoms with Crippen molar-refractivity contribution >= 4 is 23.5 Å². The van der Waals surface area contributed by atoms with Crippen molar-refractivity contribution in [3.05, 3.63) is 94.8 Å². The third-order valence-electron chi connectivity index (χ3n) is 5.15. The third-order valence-corrected chi connectivity index (χ3v) is 5.15. The monoisotopic (exact) mass is 473 g/mol. The summed E-state index contributed by atoms with van der Waals surface area (Å²) < 4.78 is 5.22. The number of alkyl carbamates (subject to hydrolysis) is 1. The maximum atomic E-state index is 12.6. The molecule has 0 fully saturated rings. The molecular weight excluding hydrogens is 442 g/mol. The minimum absolute atomic E-state index is 0.147. The van der Waals surface area contributed by atoms with E-state index in [9.17, 15) is 14.4 Å². The van der Waals surface area contributed by atoms with Gasteiger partial charge in [-0.05, 0) is 68.1 Å². The number of ether oxygens (including phenoxy) is 1. The van der Waals surface area contributed by atoms with Gasteiger partial charge in [-0.25, -0.2) is 4.79 Å². The molecule has 3 aromatic rings. The molecule has 1 heterocycles. The number of anilines is 1. The first-order valence-electron chi connectivity index (χ1n) is 11.6. The van der Waals surface area contributed by atoms with E-state index < -0.39 is 11.7 Å². The Morgan fingerprint density at radius 2 is 1.49 bits per heavy atom. The molecule has 0 atom stereocenters. The van der Waals surface area contributed by atoms with Crippen molar-refractivity contribution in [2.45, 2.75) is 52.7 Å². The molecule has 7 nitrogen and oxygen atoms in total. The van der Waals surface area contributed by atoms with Crippen molar-refractivity contribution in [3.8, 4) is 0 Å². The molecule has 0 aliphatic carbocycles. The van der Waals surface area contributed by atoms with Crippen LogP contribution in [0.25, 0.3) is 0 Å². The average molecular weight is 474 g/mol. The predicted octanol–water partition coefficient (Wildman–Crippen LogP) is 5.35. The second-order valence-corrected chi connectivity index (χ2v) is 9.21. The second-order valence-electron chi connectivity index (χ2n) is 9.21. The molecule has 0 saturated heterocycles. The molecule has 2 N–H and O–H groups in total. The molecule has 2 aromatic carbocycles. The van der Waals surface area contributed by atoms with Gasteiger partial charge >= 0.3 is 6.09 Å². The van der Waals surface area contributed by atoms with Crippen molar-refractivity contribution in [1.82, 2.24) is 10.3 Å². The number of aromatic nitrogens is 1. The van der Waals surface area contributed by atoms with Crippen LogP contribution in [0, 0.1) is 0 Å². The molecule has 3 rings (SSSR count). The van der Waals surface area contributed by atoms with E-state index in [0.29, 0.717) is 23.5 Å². The third kappa shape index (κ3) is 8.07. The van der Waals surface area contributed by atoms with Crippen molar-refractivity contribution in [3.63, 3.8) is 0 Å². The number of benzene rings is 2. The van der Waals surface area contributed by atoms with Gasteiger partial charge < -0.3 is 15.4 Å². The van der Waals surface area contributed by atoms with Crippen LogP contribution in [-0.2, 0) is 24.1 Å². The first kappa shape index (κ1) is 25.6. The topological polar surface area (TPSA) is 97.4 Å². The normalized spacial score (nSPS) is 11.0. The summed E-state index contributed by atoms with van der Waals surface area (Å²) in [5.74, 6) is -0.428. The van der Waals surface area contributed by atoms with Crippen LogP contribution in [0.5, 0.6) is 0 Å². The smallest absolute Gasteiger partial charge is 0.407 e. The number of ketones is 1. The number of Topliss-reactive ketones (excluding diaryl/α,β-unsaturated/α-hetero) is 1. The molecule has 1 aromatic heterocycles. The van der Waals surface area contributed by atoms with Crippen LogP contribution >= 0.6 is 0 Å². The lowest BCUT2D eigenvalue weighted by atomic mass is 10.0. The number of rotatable bonds is 8. The van der Waals surface area contributed by atoms with E-state index in [1.54, 1.807) is 12.1 Å². The van der Waals surface area contributed by atoms with E-state index >= 15 is 0 Å². The van der Waals surface area contributed by atoms with Crippen LogP contribution in [0.4, 0.5) is 10.5 Å². The van der Waals surface area contributed by atoms with Crippen LogP contribution in [0.15, 0.2) is 66.9 Å². The number of nitrogens with zero attached hydrogens (tertiary/aromatic N) is 1. The number of amides is 2. The lowest BCUT2D eigenvalue weighted by Gasteiger charge is -2.19. The van der Waals surface area contributed by atoms with Gasteiger partial charge in [0.05, 0.1) is 5.56 Å². The summed E-state index contributed by atoms with van der Waals surface area (Å²) >= 11 is 0. The zero-order chi connectivity index (χ0) is 25.4. The quantitative estimate of drug-likeness (QED) is 0.430. The van der Waals surface area contributed by atoms with Crippen LogP contribution in [-0.4, -0.2) is 28.4 Å². The fourth-order valence-electron chi connectivity index (χ4n) is 3.26. The van der Waals surface area contributed by atoms with Gasteiger partial charge in [0.25, 0.3) is 5.91 Å². The van der Waals surface area contributed by atoms with E-state index in [1.165, 1.54) is 11.8 Å². The first-order valence-corrected chi connectivity index (χ1v) is 11.6. The Hall–Kier alpha value is -4.00. The minimum atomic E-state index is -0.551. The van der Waals surface area contributed by atoms with Gasteiger partial charge in [0.2, 0.25) is 0 Å². The number of nitrogens with one attached hydrogen (secondary N) is 2. The van der Waals surface area contributed by atoms with E-state index in [2.05, 4.69) is 22.5 Å². The van der Waals surface area contributed by atoms with Crippen LogP contribution in [0.1, 0.15) is 65.2 Å². The highest BCUT2D eigenvalue weighted by Gasteiger charge is 2.16. The van der Waals surface area contributed by atoms with Crippen LogP contribution in [0.3, 0.4) is 0 Å².